The Kier molecular flexibility index (Phi) is 6.79. The molecule has 2 N–H and O–H groups in total. The van der Waals surface area contributed by atoms with Gasteiger partial charge >= 0.3 is 0 Å². The predicted octanol–water partition coefficient (Wildman–Crippen LogP) is 3.28. The standard InChI is InChI=1S/C16H25N3.HI/c1-3-19(4-2)15(17)18-13-16(10-11-16)12-14-8-6-5-7-9-14;/h5-9H,3-4,10-13H2,1-2H3,(H2,17,18);1H. The Hall–Kier alpha value is -0.780. The van der Waals surface area contributed by atoms with Gasteiger partial charge in [0.1, 0.15) is 0 Å². The average molecular weight is 387 g/mol. The summed E-state index contributed by atoms with van der Waals surface area (Å²) in [4.78, 5) is 6.73. The lowest BCUT2D eigenvalue weighted by atomic mass is 9.97. The quantitative estimate of drug-likeness (QED) is 0.463. The van der Waals surface area contributed by atoms with Crippen molar-refractivity contribution < 1.29 is 0 Å². The second kappa shape index (κ2) is 7.86. The average Bonchev–Trinajstić information content (AvgIpc) is 3.19. The van der Waals surface area contributed by atoms with E-state index in [0.29, 0.717) is 11.4 Å². The maximum absolute atomic E-state index is 6.04. The van der Waals surface area contributed by atoms with Gasteiger partial charge in [0.25, 0.3) is 0 Å². The Morgan fingerprint density at radius 2 is 1.80 bits per heavy atom. The van der Waals surface area contributed by atoms with Crippen LogP contribution >= 0.6 is 24.0 Å². The van der Waals surface area contributed by atoms with Crippen LogP contribution in [0.4, 0.5) is 0 Å². The number of nitrogens with zero attached hydrogens (tertiary/aromatic N) is 2. The Bertz CT molecular complexity index is 423. The molecule has 4 heteroatoms. The van der Waals surface area contributed by atoms with Gasteiger partial charge in [0.15, 0.2) is 5.96 Å². The summed E-state index contributed by atoms with van der Waals surface area (Å²) in [6.45, 7) is 6.95. The van der Waals surface area contributed by atoms with Crippen molar-refractivity contribution in [2.75, 3.05) is 19.6 Å². The zero-order valence-electron chi connectivity index (χ0n) is 12.5. The van der Waals surface area contributed by atoms with Crippen LogP contribution in [0.15, 0.2) is 35.3 Å². The van der Waals surface area contributed by atoms with E-state index in [0.717, 1.165) is 26.1 Å². The van der Waals surface area contributed by atoms with Gasteiger partial charge < -0.3 is 10.6 Å². The highest BCUT2D eigenvalue weighted by Gasteiger charge is 2.42. The molecule has 1 saturated carbocycles. The zero-order chi connectivity index (χ0) is 13.7. The molecule has 3 nitrogen and oxygen atoms in total. The summed E-state index contributed by atoms with van der Waals surface area (Å²) in [5.41, 5.74) is 7.83. The number of nitrogens with two attached hydrogens (primary N) is 1. The Balaban J connectivity index is 0.00000200. The molecule has 1 aliphatic carbocycles. The van der Waals surface area contributed by atoms with Gasteiger partial charge in [0, 0.05) is 19.6 Å². The van der Waals surface area contributed by atoms with Crippen LogP contribution in [0, 0.1) is 5.41 Å². The van der Waals surface area contributed by atoms with Gasteiger partial charge in [-0.3, -0.25) is 4.99 Å². The lowest BCUT2D eigenvalue weighted by Gasteiger charge is -2.20. The van der Waals surface area contributed by atoms with Gasteiger partial charge in [-0.25, -0.2) is 0 Å². The Morgan fingerprint density at radius 3 is 2.30 bits per heavy atom. The number of benzene rings is 1. The monoisotopic (exact) mass is 387 g/mol. The largest absolute Gasteiger partial charge is 0.370 e. The molecular formula is C16H26IN3. The van der Waals surface area contributed by atoms with Crippen LogP contribution in [0.25, 0.3) is 0 Å². The van der Waals surface area contributed by atoms with E-state index in [9.17, 15) is 0 Å². The lowest BCUT2D eigenvalue weighted by molar-refractivity contribution is 0.450. The highest BCUT2D eigenvalue weighted by atomic mass is 127. The molecule has 2 rings (SSSR count). The van der Waals surface area contributed by atoms with E-state index in [1.807, 2.05) is 0 Å². The summed E-state index contributed by atoms with van der Waals surface area (Å²) in [5.74, 6) is 0.698. The van der Waals surface area contributed by atoms with Crippen molar-refractivity contribution in [3.05, 3.63) is 35.9 Å². The van der Waals surface area contributed by atoms with Gasteiger partial charge in [0.05, 0.1) is 0 Å². The molecule has 0 spiro atoms. The molecule has 0 radical (unpaired) electrons. The van der Waals surface area contributed by atoms with E-state index in [-0.39, 0.29) is 24.0 Å². The zero-order valence-corrected chi connectivity index (χ0v) is 14.8. The first-order valence-electron chi connectivity index (χ1n) is 7.28. The fraction of sp³-hybridized carbons (Fsp3) is 0.562. The summed E-state index contributed by atoms with van der Waals surface area (Å²) >= 11 is 0. The van der Waals surface area contributed by atoms with E-state index in [1.54, 1.807) is 0 Å². The fourth-order valence-corrected chi connectivity index (χ4v) is 2.49. The third-order valence-electron chi connectivity index (χ3n) is 4.04. The van der Waals surface area contributed by atoms with E-state index < -0.39 is 0 Å². The van der Waals surface area contributed by atoms with Gasteiger partial charge in [0.2, 0.25) is 0 Å². The third kappa shape index (κ3) is 4.65. The van der Waals surface area contributed by atoms with Crippen molar-refractivity contribution in [2.45, 2.75) is 33.1 Å². The summed E-state index contributed by atoms with van der Waals surface area (Å²) in [6, 6.07) is 10.7. The molecule has 112 valence electrons. The maximum atomic E-state index is 6.04. The summed E-state index contributed by atoms with van der Waals surface area (Å²) < 4.78 is 0. The number of aliphatic imine (C=N–C) groups is 1. The molecule has 1 aromatic rings. The van der Waals surface area contributed by atoms with Crippen molar-refractivity contribution in [3.8, 4) is 0 Å². The fourth-order valence-electron chi connectivity index (χ4n) is 2.49. The molecular weight excluding hydrogens is 361 g/mol. The lowest BCUT2D eigenvalue weighted by Crippen LogP contribution is -2.37. The topological polar surface area (TPSA) is 41.6 Å². The predicted molar refractivity (Wildman–Crippen MR) is 96.6 cm³/mol. The molecule has 1 aliphatic rings. The summed E-state index contributed by atoms with van der Waals surface area (Å²) in [7, 11) is 0. The summed E-state index contributed by atoms with van der Waals surface area (Å²) in [5, 5.41) is 0. The van der Waals surface area contributed by atoms with E-state index in [4.69, 9.17) is 5.73 Å². The molecule has 1 fully saturated rings. The van der Waals surface area contributed by atoms with Crippen LogP contribution in [0.3, 0.4) is 0 Å². The molecule has 0 atom stereocenters. The number of guanidine groups is 1. The minimum atomic E-state index is 0. The van der Waals surface area contributed by atoms with Crippen LogP contribution in [-0.2, 0) is 6.42 Å². The highest BCUT2D eigenvalue weighted by Crippen LogP contribution is 2.48. The number of hydrogen-bond acceptors (Lipinski definition) is 1. The van der Waals surface area contributed by atoms with Crippen LogP contribution in [0.2, 0.25) is 0 Å². The van der Waals surface area contributed by atoms with Crippen molar-refractivity contribution in [1.29, 1.82) is 0 Å². The molecule has 0 heterocycles. The van der Waals surface area contributed by atoms with E-state index in [2.05, 4.69) is 54.1 Å². The minimum Gasteiger partial charge on any atom is -0.370 e. The van der Waals surface area contributed by atoms with E-state index >= 15 is 0 Å². The smallest absolute Gasteiger partial charge is 0.191 e. The first-order chi connectivity index (χ1) is 9.19. The normalized spacial score (nSPS) is 16.4. The van der Waals surface area contributed by atoms with Crippen molar-refractivity contribution >= 4 is 29.9 Å². The third-order valence-corrected chi connectivity index (χ3v) is 4.04. The minimum absolute atomic E-state index is 0. The van der Waals surface area contributed by atoms with Gasteiger partial charge in [-0.05, 0) is 44.1 Å². The molecule has 0 amide bonds. The maximum Gasteiger partial charge on any atom is 0.191 e. The summed E-state index contributed by atoms with van der Waals surface area (Å²) in [6.07, 6.45) is 3.68. The molecule has 1 aromatic carbocycles. The van der Waals surface area contributed by atoms with Crippen LogP contribution in [-0.4, -0.2) is 30.5 Å². The first kappa shape index (κ1) is 17.3. The van der Waals surface area contributed by atoms with Gasteiger partial charge in [-0.1, -0.05) is 30.3 Å². The second-order valence-corrected chi connectivity index (χ2v) is 5.51. The molecule has 0 aromatic heterocycles. The second-order valence-electron chi connectivity index (χ2n) is 5.51. The number of rotatable bonds is 6. The van der Waals surface area contributed by atoms with Crippen molar-refractivity contribution in [3.63, 3.8) is 0 Å². The highest BCUT2D eigenvalue weighted by molar-refractivity contribution is 14.0. The van der Waals surface area contributed by atoms with Crippen molar-refractivity contribution in [1.82, 2.24) is 4.90 Å². The Morgan fingerprint density at radius 1 is 1.20 bits per heavy atom. The SMILES string of the molecule is CCN(CC)C(N)=NCC1(Cc2ccccc2)CC1.I. The van der Waals surface area contributed by atoms with Gasteiger partial charge in [-0.15, -0.1) is 24.0 Å². The molecule has 0 aliphatic heterocycles. The Labute approximate surface area is 139 Å². The first-order valence-corrected chi connectivity index (χ1v) is 7.28. The van der Waals surface area contributed by atoms with Crippen LogP contribution < -0.4 is 5.73 Å². The molecule has 0 saturated heterocycles. The molecule has 0 unspecified atom stereocenters. The molecule has 0 bridgehead atoms. The van der Waals surface area contributed by atoms with Crippen LogP contribution in [0.5, 0.6) is 0 Å². The number of halogens is 1. The van der Waals surface area contributed by atoms with Crippen molar-refractivity contribution in [2.24, 2.45) is 16.1 Å². The van der Waals surface area contributed by atoms with E-state index in [1.165, 1.54) is 18.4 Å². The molecule has 20 heavy (non-hydrogen) atoms. The number of hydrogen-bond donors (Lipinski definition) is 1. The van der Waals surface area contributed by atoms with Gasteiger partial charge in [-0.2, -0.15) is 0 Å². The van der Waals surface area contributed by atoms with Crippen LogP contribution in [0.1, 0.15) is 32.3 Å².